The molecule has 2 atom stereocenters. The molecule has 2 aliphatic rings. The second-order valence-electron chi connectivity index (χ2n) is 7.75. The number of nitrogens with zero attached hydrogens (tertiary/aromatic N) is 1. The minimum Gasteiger partial charge on any atom is -0.497 e. The van der Waals surface area contributed by atoms with E-state index < -0.39 is 18.0 Å². The number of carbonyl (C=O) groups is 3. The van der Waals surface area contributed by atoms with E-state index in [0.717, 1.165) is 19.4 Å². The molecule has 3 rings (SSSR count). The fourth-order valence-electron chi connectivity index (χ4n) is 4.14. The monoisotopic (exact) mass is 445 g/mol. The largest absolute Gasteiger partial charge is 0.497 e. The zero-order valence-electron chi connectivity index (χ0n) is 18.8. The molecule has 32 heavy (non-hydrogen) atoms. The second kappa shape index (κ2) is 11.0. The molecular weight excluding hydrogens is 414 g/mol. The molecule has 2 unspecified atom stereocenters. The number of benzene rings is 1. The van der Waals surface area contributed by atoms with E-state index in [1.165, 1.54) is 0 Å². The molecular formula is C23H31N3O6. The SMILES string of the molecule is CCOC(=O)C1=C(CN2CCCC(C(=O)OCC)C2)NC(=O)NC1c1cccc(OC)c1. The maximum Gasteiger partial charge on any atom is 0.338 e. The van der Waals surface area contributed by atoms with Gasteiger partial charge in [0.05, 0.1) is 37.9 Å². The topological polar surface area (TPSA) is 106 Å². The second-order valence-corrected chi connectivity index (χ2v) is 7.75. The quantitative estimate of drug-likeness (QED) is 0.591. The third-order valence-corrected chi connectivity index (χ3v) is 5.58. The van der Waals surface area contributed by atoms with E-state index in [4.69, 9.17) is 14.2 Å². The van der Waals surface area contributed by atoms with Crippen LogP contribution < -0.4 is 15.4 Å². The van der Waals surface area contributed by atoms with Crippen molar-refractivity contribution >= 4 is 18.0 Å². The Bertz CT molecular complexity index is 884. The summed E-state index contributed by atoms with van der Waals surface area (Å²) in [5, 5.41) is 5.62. The van der Waals surface area contributed by atoms with Gasteiger partial charge in [-0.05, 0) is 50.9 Å². The van der Waals surface area contributed by atoms with Crippen molar-refractivity contribution in [1.82, 2.24) is 15.5 Å². The van der Waals surface area contributed by atoms with Crippen LogP contribution in [0.1, 0.15) is 38.3 Å². The number of ether oxygens (including phenoxy) is 3. The molecule has 2 heterocycles. The van der Waals surface area contributed by atoms with E-state index in [2.05, 4.69) is 15.5 Å². The number of amides is 2. The standard InChI is InChI=1S/C23H31N3O6/c1-4-31-21(27)16-9-7-11-26(13-16)14-18-19(22(28)32-5-2)20(25-23(29)24-18)15-8-6-10-17(12-15)30-3/h6,8,10,12,16,20H,4-5,7,9,11,13-14H2,1-3H3,(H2,24,25,29). The molecule has 1 aromatic carbocycles. The Morgan fingerprint density at radius 2 is 1.97 bits per heavy atom. The van der Waals surface area contributed by atoms with Gasteiger partial charge in [-0.15, -0.1) is 0 Å². The van der Waals surface area contributed by atoms with Gasteiger partial charge in [0.2, 0.25) is 0 Å². The smallest absolute Gasteiger partial charge is 0.338 e. The summed E-state index contributed by atoms with van der Waals surface area (Å²) in [5.74, 6) is -0.308. The van der Waals surface area contributed by atoms with Gasteiger partial charge in [0.25, 0.3) is 0 Å². The van der Waals surface area contributed by atoms with E-state index in [1.54, 1.807) is 39.2 Å². The number of urea groups is 1. The van der Waals surface area contributed by atoms with E-state index >= 15 is 0 Å². The lowest BCUT2D eigenvalue weighted by Gasteiger charge is -2.35. The molecule has 2 amide bonds. The molecule has 2 aliphatic heterocycles. The van der Waals surface area contributed by atoms with Crippen molar-refractivity contribution in [3.63, 3.8) is 0 Å². The molecule has 0 bridgehead atoms. The molecule has 0 radical (unpaired) electrons. The first-order valence-electron chi connectivity index (χ1n) is 11.0. The molecule has 174 valence electrons. The van der Waals surface area contributed by atoms with Crippen LogP contribution in [0.15, 0.2) is 35.5 Å². The van der Waals surface area contributed by atoms with E-state index in [-0.39, 0.29) is 18.5 Å². The lowest BCUT2D eigenvalue weighted by molar-refractivity contribution is -0.150. The van der Waals surface area contributed by atoms with Crippen LogP contribution in [-0.2, 0) is 19.1 Å². The minimum atomic E-state index is -0.682. The number of esters is 2. The highest BCUT2D eigenvalue weighted by molar-refractivity contribution is 5.95. The molecule has 1 saturated heterocycles. The number of carbonyl (C=O) groups excluding carboxylic acids is 3. The van der Waals surface area contributed by atoms with Crippen molar-refractivity contribution in [3.05, 3.63) is 41.1 Å². The van der Waals surface area contributed by atoms with Gasteiger partial charge in [-0.1, -0.05) is 12.1 Å². The predicted molar refractivity (Wildman–Crippen MR) is 117 cm³/mol. The Hall–Kier alpha value is -3.07. The van der Waals surface area contributed by atoms with Crippen LogP contribution in [0.4, 0.5) is 4.79 Å². The predicted octanol–water partition coefficient (Wildman–Crippen LogP) is 2.14. The van der Waals surface area contributed by atoms with Crippen LogP contribution in [0.5, 0.6) is 5.75 Å². The highest BCUT2D eigenvalue weighted by atomic mass is 16.5. The fraction of sp³-hybridized carbons (Fsp3) is 0.522. The Morgan fingerprint density at radius 1 is 1.19 bits per heavy atom. The summed E-state index contributed by atoms with van der Waals surface area (Å²) in [6.07, 6.45) is 1.59. The number of piperidine rings is 1. The normalized spacial score (nSPS) is 21.4. The van der Waals surface area contributed by atoms with Gasteiger partial charge in [-0.3, -0.25) is 9.69 Å². The molecule has 9 nitrogen and oxygen atoms in total. The van der Waals surface area contributed by atoms with Gasteiger partial charge < -0.3 is 24.8 Å². The number of likely N-dealkylation sites (tertiary alicyclic amines) is 1. The average Bonchev–Trinajstić information content (AvgIpc) is 2.79. The number of rotatable bonds is 8. The van der Waals surface area contributed by atoms with Crippen LogP contribution >= 0.6 is 0 Å². The Kier molecular flexibility index (Phi) is 8.10. The van der Waals surface area contributed by atoms with Crippen molar-refractivity contribution in [1.29, 1.82) is 0 Å². The maximum absolute atomic E-state index is 13.0. The molecule has 9 heteroatoms. The molecule has 0 spiro atoms. The van der Waals surface area contributed by atoms with Crippen LogP contribution in [0.2, 0.25) is 0 Å². The van der Waals surface area contributed by atoms with Crippen molar-refractivity contribution < 1.29 is 28.6 Å². The summed E-state index contributed by atoms with van der Waals surface area (Å²) in [5.41, 5.74) is 1.53. The van der Waals surface area contributed by atoms with Crippen LogP contribution in [0, 0.1) is 5.92 Å². The lowest BCUT2D eigenvalue weighted by atomic mass is 9.93. The number of hydrogen-bond acceptors (Lipinski definition) is 7. The first kappa shape index (κ1) is 23.6. The lowest BCUT2D eigenvalue weighted by Crippen LogP contribution is -2.50. The van der Waals surface area contributed by atoms with Gasteiger partial charge in [0.1, 0.15) is 5.75 Å². The van der Waals surface area contributed by atoms with Crippen LogP contribution in [0.3, 0.4) is 0 Å². The minimum absolute atomic E-state index is 0.208. The van der Waals surface area contributed by atoms with Crippen molar-refractivity contribution in [2.75, 3.05) is 40.0 Å². The van der Waals surface area contributed by atoms with Crippen LogP contribution in [-0.4, -0.2) is 62.8 Å². The highest BCUT2D eigenvalue weighted by Gasteiger charge is 2.35. The van der Waals surface area contributed by atoms with E-state index in [1.807, 2.05) is 6.07 Å². The molecule has 1 fully saturated rings. The summed E-state index contributed by atoms with van der Waals surface area (Å²) in [6, 6.07) is 6.13. The third kappa shape index (κ3) is 5.59. The van der Waals surface area contributed by atoms with E-state index in [9.17, 15) is 14.4 Å². The average molecular weight is 446 g/mol. The molecule has 2 N–H and O–H groups in total. The van der Waals surface area contributed by atoms with Gasteiger partial charge in [0.15, 0.2) is 0 Å². The molecule has 0 aromatic heterocycles. The molecule has 0 saturated carbocycles. The Balaban J connectivity index is 1.92. The number of hydrogen-bond donors (Lipinski definition) is 2. The highest BCUT2D eigenvalue weighted by Crippen LogP contribution is 2.30. The van der Waals surface area contributed by atoms with Gasteiger partial charge >= 0.3 is 18.0 Å². The zero-order chi connectivity index (χ0) is 23.1. The maximum atomic E-state index is 13.0. The number of methoxy groups -OCH3 is 1. The van der Waals surface area contributed by atoms with Gasteiger partial charge in [-0.25, -0.2) is 9.59 Å². The van der Waals surface area contributed by atoms with Gasteiger partial charge in [0, 0.05) is 18.8 Å². The summed E-state index contributed by atoms with van der Waals surface area (Å²) in [6.45, 7) is 5.66. The van der Waals surface area contributed by atoms with E-state index in [0.29, 0.717) is 42.3 Å². The van der Waals surface area contributed by atoms with Crippen molar-refractivity contribution in [2.24, 2.45) is 5.92 Å². The zero-order valence-corrected chi connectivity index (χ0v) is 18.8. The van der Waals surface area contributed by atoms with Gasteiger partial charge in [-0.2, -0.15) is 0 Å². The summed E-state index contributed by atoms with van der Waals surface area (Å²) >= 11 is 0. The molecule has 1 aromatic rings. The van der Waals surface area contributed by atoms with Crippen molar-refractivity contribution in [2.45, 2.75) is 32.7 Å². The number of nitrogens with one attached hydrogen (secondary N) is 2. The fourth-order valence-corrected chi connectivity index (χ4v) is 4.14. The Labute approximate surface area is 188 Å². The summed E-state index contributed by atoms with van der Waals surface area (Å²) < 4.78 is 15.8. The molecule has 0 aliphatic carbocycles. The summed E-state index contributed by atoms with van der Waals surface area (Å²) in [4.78, 5) is 39.7. The van der Waals surface area contributed by atoms with Crippen LogP contribution in [0.25, 0.3) is 0 Å². The Morgan fingerprint density at radius 3 is 2.69 bits per heavy atom. The summed E-state index contributed by atoms with van der Waals surface area (Å²) in [7, 11) is 1.56. The first-order valence-corrected chi connectivity index (χ1v) is 11.0. The third-order valence-electron chi connectivity index (χ3n) is 5.58. The van der Waals surface area contributed by atoms with Crippen molar-refractivity contribution in [3.8, 4) is 5.75 Å². The first-order chi connectivity index (χ1) is 15.5.